The fraction of sp³-hybridized carbons (Fsp3) is 0.833. The van der Waals surface area contributed by atoms with E-state index in [4.69, 9.17) is 10.2 Å². The summed E-state index contributed by atoms with van der Waals surface area (Å²) in [5.74, 6) is -0.253. The lowest BCUT2D eigenvalue weighted by molar-refractivity contribution is -0.141. The van der Waals surface area contributed by atoms with Gasteiger partial charge in [0.05, 0.1) is 6.10 Å². The molecule has 0 aliphatic rings. The summed E-state index contributed by atoms with van der Waals surface area (Å²) in [6.45, 7) is 3.35. The summed E-state index contributed by atoms with van der Waals surface area (Å²) >= 11 is 1.28. The van der Waals surface area contributed by atoms with Gasteiger partial charge in [0.2, 0.25) is 0 Å². The minimum Gasteiger partial charge on any atom is -0.480 e. The van der Waals surface area contributed by atoms with E-state index in [2.05, 4.69) is 4.72 Å². The summed E-state index contributed by atoms with van der Waals surface area (Å²) in [6, 6.07) is -0.875. The standard InChI is InChI=1S/C6H13NO3S/c1-3-11-7-5(4(2)8)6(9)10/h4-5,7-8H,3H2,1-2H3,(H,9,10)/t4-,5+/m1/s1. The van der Waals surface area contributed by atoms with Gasteiger partial charge in [-0.3, -0.25) is 4.79 Å². The Hall–Kier alpha value is -0.260. The molecule has 2 atom stereocenters. The van der Waals surface area contributed by atoms with Gasteiger partial charge in [-0.25, -0.2) is 4.72 Å². The molecule has 0 fully saturated rings. The molecule has 0 radical (unpaired) electrons. The van der Waals surface area contributed by atoms with Gasteiger partial charge in [0.15, 0.2) is 0 Å². The van der Waals surface area contributed by atoms with Crippen LogP contribution in [0, 0.1) is 0 Å². The first-order chi connectivity index (χ1) is 5.09. The molecule has 11 heavy (non-hydrogen) atoms. The minimum atomic E-state index is -1.03. The van der Waals surface area contributed by atoms with Crippen molar-refractivity contribution in [1.82, 2.24) is 4.72 Å². The summed E-state index contributed by atoms with van der Waals surface area (Å²) in [4.78, 5) is 10.4. The van der Waals surface area contributed by atoms with Crippen LogP contribution in [-0.2, 0) is 4.79 Å². The number of hydrogen-bond donors (Lipinski definition) is 3. The number of aliphatic hydroxyl groups excluding tert-OH is 1. The zero-order valence-electron chi connectivity index (χ0n) is 6.57. The predicted molar refractivity (Wildman–Crippen MR) is 44.4 cm³/mol. The summed E-state index contributed by atoms with van der Waals surface area (Å²) < 4.78 is 2.64. The summed E-state index contributed by atoms with van der Waals surface area (Å²) in [6.07, 6.45) is -0.869. The van der Waals surface area contributed by atoms with Gasteiger partial charge in [0, 0.05) is 5.75 Å². The highest BCUT2D eigenvalue weighted by Crippen LogP contribution is 2.00. The Labute approximate surface area is 70.1 Å². The van der Waals surface area contributed by atoms with Crippen LogP contribution >= 0.6 is 11.9 Å². The lowest BCUT2D eigenvalue weighted by Gasteiger charge is -2.15. The van der Waals surface area contributed by atoms with E-state index in [0.717, 1.165) is 5.75 Å². The molecule has 0 aromatic rings. The van der Waals surface area contributed by atoms with E-state index in [-0.39, 0.29) is 0 Å². The van der Waals surface area contributed by atoms with Crippen LogP contribution in [0.3, 0.4) is 0 Å². The van der Waals surface area contributed by atoms with Crippen molar-refractivity contribution in [2.75, 3.05) is 5.75 Å². The van der Waals surface area contributed by atoms with Crippen LogP contribution in [0.5, 0.6) is 0 Å². The molecule has 0 aromatic carbocycles. The van der Waals surface area contributed by atoms with Gasteiger partial charge < -0.3 is 10.2 Å². The second-order valence-corrected chi connectivity index (χ2v) is 3.21. The quantitative estimate of drug-likeness (QED) is 0.521. The lowest BCUT2D eigenvalue weighted by Crippen LogP contribution is -2.41. The molecular weight excluding hydrogens is 166 g/mol. The monoisotopic (exact) mass is 179 g/mol. The molecule has 0 aliphatic heterocycles. The highest BCUT2D eigenvalue weighted by Gasteiger charge is 2.21. The molecule has 0 saturated heterocycles. The number of aliphatic carboxylic acids is 1. The van der Waals surface area contributed by atoms with E-state index >= 15 is 0 Å². The number of aliphatic hydroxyl groups is 1. The third-order valence-corrected chi connectivity index (χ3v) is 1.81. The van der Waals surface area contributed by atoms with Crippen molar-refractivity contribution in [2.45, 2.75) is 26.0 Å². The van der Waals surface area contributed by atoms with E-state index in [1.54, 1.807) is 0 Å². The average Bonchev–Trinajstić information content (AvgIpc) is 1.87. The van der Waals surface area contributed by atoms with E-state index in [1.807, 2.05) is 6.92 Å². The van der Waals surface area contributed by atoms with Gasteiger partial charge >= 0.3 is 5.97 Å². The van der Waals surface area contributed by atoms with Crippen molar-refractivity contribution in [1.29, 1.82) is 0 Å². The molecule has 0 amide bonds. The molecule has 66 valence electrons. The zero-order chi connectivity index (χ0) is 8.85. The van der Waals surface area contributed by atoms with Crippen LogP contribution < -0.4 is 4.72 Å². The van der Waals surface area contributed by atoms with Crippen LogP contribution in [-0.4, -0.2) is 34.1 Å². The summed E-state index contributed by atoms with van der Waals surface area (Å²) in [7, 11) is 0. The van der Waals surface area contributed by atoms with Crippen LogP contribution in [0.2, 0.25) is 0 Å². The second-order valence-electron chi connectivity index (χ2n) is 2.11. The number of hydrogen-bond acceptors (Lipinski definition) is 4. The van der Waals surface area contributed by atoms with Gasteiger partial charge in [-0.2, -0.15) is 0 Å². The Bertz CT molecular complexity index is 129. The highest BCUT2D eigenvalue weighted by molar-refractivity contribution is 7.97. The maximum atomic E-state index is 10.4. The zero-order valence-corrected chi connectivity index (χ0v) is 7.39. The van der Waals surface area contributed by atoms with E-state index in [0.29, 0.717) is 0 Å². The van der Waals surface area contributed by atoms with Gasteiger partial charge in [-0.15, -0.1) is 0 Å². The topological polar surface area (TPSA) is 69.6 Å². The molecule has 0 spiro atoms. The third kappa shape index (κ3) is 4.23. The number of nitrogens with one attached hydrogen (secondary N) is 1. The maximum absolute atomic E-state index is 10.4. The molecule has 0 unspecified atom stereocenters. The van der Waals surface area contributed by atoms with Crippen LogP contribution in [0.25, 0.3) is 0 Å². The van der Waals surface area contributed by atoms with Crippen molar-refractivity contribution in [3.8, 4) is 0 Å². The SMILES string of the molecule is CCSN[C@H](C(=O)O)[C@@H](C)O. The van der Waals surface area contributed by atoms with E-state index in [9.17, 15) is 4.79 Å². The third-order valence-electron chi connectivity index (χ3n) is 1.10. The molecule has 0 saturated carbocycles. The Balaban J connectivity index is 3.80. The van der Waals surface area contributed by atoms with Crippen molar-refractivity contribution >= 4 is 17.9 Å². The van der Waals surface area contributed by atoms with Crippen molar-refractivity contribution < 1.29 is 15.0 Å². The normalized spacial score (nSPS) is 15.9. The Morgan fingerprint density at radius 1 is 1.73 bits per heavy atom. The molecule has 0 aliphatic carbocycles. The number of carboxylic acids is 1. The molecular formula is C6H13NO3S. The van der Waals surface area contributed by atoms with Crippen LogP contribution in [0.15, 0.2) is 0 Å². The first kappa shape index (κ1) is 10.7. The van der Waals surface area contributed by atoms with Gasteiger partial charge in [-0.1, -0.05) is 18.9 Å². The fourth-order valence-corrected chi connectivity index (χ4v) is 1.17. The van der Waals surface area contributed by atoms with Crippen molar-refractivity contribution in [2.24, 2.45) is 0 Å². The van der Waals surface area contributed by atoms with E-state index in [1.165, 1.54) is 18.9 Å². The maximum Gasteiger partial charge on any atom is 0.324 e. The summed E-state index contributed by atoms with van der Waals surface area (Å²) in [5, 5.41) is 17.5. The first-order valence-electron chi connectivity index (χ1n) is 3.37. The van der Waals surface area contributed by atoms with Crippen LogP contribution in [0.4, 0.5) is 0 Å². The molecule has 5 heteroatoms. The molecule has 0 bridgehead atoms. The minimum absolute atomic E-state index is 0.774. The number of rotatable bonds is 5. The van der Waals surface area contributed by atoms with Gasteiger partial charge in [0.25, 0.3) is 0 Å². The molecule has 0 aromatic heterocycles. The number of carboxylic acid groups (broad SMARTS) is 1. The fourth-order valence-electron chi connectivity index (χ4n) is 0.528. The van der Waals surface area contributed by atoms with Crippen LogP contribution in [0.1, 0.15) is 13.8 Å². The molecule has 0 rings (SSSR count). The predicted octanol–water partition coefficient (Wildman–Crippen LogP) is 0.0781. The Morgan fingerprint density at radius 3 is 2.55 bits per heavy atom. The Morgan fingerprint density at radius 2 is 2.27 bits per heavy atom. The molecule has 0 heterocycles. The average molecular weight is 179 g/mol. The van der Waals surface area contributed by atoms with E-state index < -0.39 is 18.1 Å². The first-order valence-corrected chi connectivity index (χ1v) is 4.36. The number of carbonyl (C=O) groups is 1. The largest absolute Gasteiger partial charge is 0.480 e. The smallest absolute Gasteiger partial charge is 0.324 e. The van der Waals surface area contributed by atoms with Gasteiger partial charge in [-0.05, 0) is 6.92 Å². The summed E-state index contributed by atoms with van der Waals surface area (Å²) in [5.41, 5.74) is 0. The lowest BCUT2D eigenvalue weighted by atomic mass is 10.2. The van der Waals surface area contributed by atoms with Gasteiger partial charge in [0.1, 0.15) is 6.04 Å². The van der Waals surface area contributed by atoms with Crippen molar-refractivity contribution in [3.63, 3.8) is 0 Å². The molecule has 3 N–H and O–H groups in total. The second kappa shape index (κ2) is 5.40. The molecule has 4 nitrogen and oxygen atoms in total. The highest BCUT2D eigenvalue weighted by atomic mass is 32.2. The van der Waals surface area contributed by atoms with Crippen molar-refractivity contribution in [3.05, 3.63) is 0 Å². The Kier molecular flexibility index (Phi) is 5.27.